The summed E-state index contributed by atoms with van der Waals surface area (Å²) in [5.41, 5.74) is 0.877. The van der Waals surface area contributed by atoms with E-state index in [9.17, 15) is 5.11 Å². The molecular formula is C16H23N3O2. The molecule has 1 aromatic carbocycles. The normalized spacial score (nSPS) is 19.7. The molecule has 114 valence electrons. The molecule has 1 saturated heterocycles. The van der Waals surface area contributed by atoms with Gasteiger partial charge in [-0.2, -0.15) is 5.26 Å². The predicted molar refractivity (Wildman–Crippen MR) is 81.0 cm³/mol. The second-order valence-corrected chi connectivity index (χ2v) is 5.43. The minimum absolute atomic E-state index is 0.0320. The molecule has 2 unspecified atom stereocenters. The molecule has 1 heterocycles. The molecular weight excluding hydrogens is 266 g/mol. The molecule has 0 spiro atoms. The van der Waals surface area contributed by atoms with E-state index in [1.807, 2.05) is 31.2 Å². The zero-order valence-corrected chi connectivity index (χ0v) is 12.7. The van der Waals surface area contributed by atoms with Crippen LogP contribution in [0.4, 0.5) is 0 Å². The van der Waals surface area contributed by atoms with Gasteiger partial charge in [-0.05, 0) is 24.6 Å². The quantitative estimate of drug-likeness (QED) is 0.884. The van der Waals surface area contributed by atoms with Gasteiger partial charge in [0.1, 0.15) is 5.75 Å². The molecule has 0 bridgehead atoms. The van der Waals surface area contributed by atoms with E-state index in [2.05, 4.69) is 15.9 Å². The van der Waals surface area contributed by atoms with Crippen LogP contribution in [-0.4, -0.2) is 60.8 Å². The van der Waals surface area contributed by atoms with E-state index in [0.29, 0.717) is 6.54 Å². The molecule has 0 aromatic heterocycles. The van der Waals surface area contributed by atoms with Gasteiger partial charge in [0.2, 0.25) is 0 Å². The van der Waals surface area contributed by atoms with Gasteiger partial charge in [-0.15, -0.1) is 0 Å². The number of benzene rings is 1. The third-order valence-electron chi connectivity index (χ3n) is 4.05. The predicted octanol–water partition coefficient (Wildman–Crippen LogP) is 1.26. The maximum atomic E-state index is 10.4. The highest BCUT2D eigenvalue weighted by molar-refractivity contribution is 5.29. The van der Waals surface area contributed by atoms with Crippen molar-refractivity contribution in [1.82, 2.24) is 9.80 Å². The van der Waals surface area contributed by atoms with E-state index in [0.717, 1.165) is 37.5 Å². The molecule has 0 radical (unpaired) electrons. The fourth-order valence-electron chi connectivity index (χ4n) is 2.61. The lowest BCUT2D eigenvalue weighted by Crippen LogP contribution is -2.50. The van der Waals surface area contributed by atoms with Gasteiger partial charge in [-0.25, -0.2) is 0 Å². The third kappa shape index (κ3) is 4.18. The Bertz CT molecular complexity index is 493. The van der Waals surface area contributed by atoms with E-state index in [-0.39, 0.29) is 6.04 Å². The second kappa shape index (κ2) is 7.41. The highest BCUT2D eigenvalue weighted by atomic mass is 16.5. The average Bonchev–Trinajstić information content (AvgIpc) is 2.54. The van der Waals surface area contributed by atoms with Crippen LogP contribution in [-0.2, 0) is 0 Å². The van der Waals surface area contributed by atoms with Crippen molar-refractivity contribution in [2.75, 3.05) is 39.8 Å². The molecule has 2 atom stereocenters. The van der Waals surface area contributed by atoms with Crippen LogP contribution in [0.5, 0.6) is 5.75 Å². The number of hydrogen-bond donors (Lipinski definition) is 1. The number of methoxy groups -OCH3 is 1. The number of aliphatic hydroxyl groups is 1. The van der Waals surface area contributed by atoms with E-state index in [1.54, 1.807) is 7.11 Å². The van der Waals surface area contributed by atoms with Gasteiger partial charge in [0, 0.05) is 32.7 Å². The first-order valence-electron chi connectivity index (χ1n) is 7.32. The lowest BCUT2D eigenvalue weighted by molar-refractivity contribution is 0.0668. The maximum Gasteiger partial charge on any atom is 0.119 e. The zero-order valence-electron chi connectivity index (χ0n) is 12.7. The molecule has 0 aliphatic carbocycles. The Hall–Kier alpha value is -1.61. The van der Waals surface area contributed by atoms with Crippen LogP contribution in [0.2, 0.25) is 0 Å². The molecule has 1 N–H and O–H groups in total. The summed E-state index contributed by atoms with van der Waals surface area (Å²) in [5, 5.41) is 19.3. The number of ether oxygens (including phenoxy) is 1. The van der Waals surface area contributed by atoms with Crippen LogP contribution in [0.1, 0.15) is 18.6 Å². The molecule has 5 nitrogen and oxygen atoms in total. The summed E-state index contributed by atoms with van der Waals surface area (Å²) in [4.78, 5) is 4.42. The second-order valence-electron chi connectivity index (χ2n) is 5.43. The van der Waals surface area contributed by atoms with Gasteiger partial charge in [0.25, 0.3) is 0 Å². The van der Waals surface area contributed by atoms with Crippen LogP contribution >= 0.6 is 0 Å². The van der Waals surface area contributed by atoms with Gasteiger partial charge in [0.05, 0.1) is 25.3 Å². The van der Waals surface area contributed by atoms with Crippen molar-refractivity contribution in [3.63, 3.8) is 0 Å². The van der Waals surface area contributed by atoms with Crippen LogP contribution in [0.25, 0.3) is 0 Å². The standard InChI is InChI=1S/C16H23N3O2/c1-13(11-17)19-8-6-18(7-9-19)12-16(20)14-4-3-5-15(10-14)21-2/h3-5,10,13,16,20H,6-9,12H2,1-2H3. The van der Waals surface area contributed by atoms with Crippen LogP contribution in [0.15, 0.2) is 24.3 Å². The molecule has 1 fully saturated rings. The number of nitrogens with zero attached hydrogens (tertiary/aromatic N) is 3. The number of aliphatic hydroxyl groups excluding tert-OH is 1. The SMILES string of the molecule is COc1cccc(C(O)CN2CCN(C(C)C#N)CC2)c1. The highest BCUT2D eigenvalue weighted by Gasteiger charge is 2.22. The van der Waals surface area contributed by atoms with Gasteiger partial charge in [-0.1, -0.05) is 12.1 Å². The molecule has 1 aromatic rings. The number of piperazine rings is 1. The fraction of sp³-hybridized carbons (Fsp3) is 0.562. The Morgan fingerprint density at radius 2 is 2.05 bits per heavy atom. The van der Waals surface area contributed by atoms with Crippen molar-refractivity contribution in [3.05, 3.63) is 29.8 Å². The Morgan fingerprint density at radius 3 is 2.67 bits per heavy atom. The first-order valence-corrected chi connectivity index (χ1v) is 7.32. The van der Waals surface area contributed by atoms with Crippen molar-refractivity contribution in [1.29, 1.82) is 5.26 Å². The summed E-state index contributed by atoms with van der Waals surface area (Å²) < 4.78 is 5.19. The minimum atomic E-state index is -0.514. The van der Waals surface area contributed by atoms with E-state index in [1.165, 1.54) is 0 Å². The summed E-state index contributed by atoms with van der Waals surface area (Å²) in [7, 11) is 1.63. The lowest BCUT2D eigenvalue weighted by atomic mass is 10.1. The Kier molecular flexibility index (Phi) is 5.57. The van der Waals surface area contributed by atoms with Crippen LogP contribution < -0.4 is 4.74 Å². The third-order valence-corrected chi connectivity index (χ3v) is 4.05. The Balaban J connectivity index is 1.87. The first kappa shape index (κ1) is 15.8. The fourth-order valence-corrected chi connectivity index (χ4v) is 2.61. The summed E-state index contributed by atoms with van der Waals surface area (Å²) >= 11 is 0. The van der Waals surface area contributed by atoms with Gasteiger partial charge < -0.3 is 9.84 Å². The van der Waals surface area contributed by atoms with Crippen molar-refractivity contribution < 1.29 is 9.84 Å². The summed E-state index contributed by atoms with van der Waals surface area (Å²) in [5.74, 6) is 0.763. The van der Waals surface area contributed by atoms with Crippen molar-refractivity contribution in [2.45, 2.75) is 19.1 Å². The van der Waals surface area contributed by atoms with Crippen molar-refractivity contribution in [2.24, 2.45) is 0 Å². The molecule has 21 heavy (non-hydrogen) atoms. The summed E-state index contributed by atoms with van der Waals surface area (Å²) in [6.45, 7) is 6.06. The highest BCUT2D eigenvalue weighted by Crippen LogP contribution is 2.20. The van der Waals surface area contributed by atoms with Crippen molar-refractivity contribution >= 4 is 0 Å². The molecule has 0 saturated carbocycles. The number of nitriles is 1. The number of rotatable bonds is 5. The zero-order chi connectivity index (χ0) is 15.2. The van der Waals surface area contributed by atoms with E-state index < -0.39 is 6.10 Å². The van der Waals surface area contributed by atoms with Crippen LogP contribution in [0, 0.1) is 11.3 Å². The monoisotopic (exact) mass is 289 g/mol. The van der Waals surface area contributed by atoms with E-state index >= 15 is 0 Å². The summed E-state index contributed by atoms with van der Waals surface area (Å²) in [6, 6.07) is 9.80. The molecule has 0 amide bonds. The van der Waals surface area contributed by atoms with E-state index in [4.69, 9.17) is 10.00 Å². The smallest absolute Gasteiger partial charge is 0.119 e. The summed E-state index contributed by atoms with van der Waals surface area (Å²) in [6.07, 6.45) is -0.514. The average molecular weight is 289 g/mol. The largest absolute Gasteiger partial charge is 0.497 e. The van der Waals surface area contributed by atoms with Gasteiger partial charge in [0.15, 0.2) is 0 Å². The number of β-amino-alcohol motifs (C(OH)–C–C–N with tert-alkyl or cyclic N) is 1. The first-order chi connectivity index (χ1) is 10.1. The lowest BCUT2D eigenvalue weighted by Gasteiger charge is -2.36. The Labute approximate surface area is 126 Å². The minimum Gasteiger partial charge on any atom is -0.497 e. The van der Waals surface area contributed by atoms with Crippen molar-refractivity contribution in [3.8, 4) is 11.8 Å². The maximum absolute atomic E-state index is 10.4. The van der Waals surface area contributed by atoms with Crippen LogP contribution in [0.3, 0.4) is 0 Å². The van der Waals surface area contributed by atoms with Gasteiger partial charge in [-0.3, -0.25) is 9.80 Å². The Morgan fingerprint density at radius 1 is 1.33 bits per heavy atom. The molecule has 1 aliphatic rings. The topological polar surface area (TPSA) is 59.7 Å². The van der Waals surface area contributed by atoms with Gasteiger partial charge >= 0.3 is 0 Å². The molecule has 1 aliphatic heterocycles. The molecule has 5 heteroatoms. The molecule has 2 rings (SSSR count). The number of hydrogen-bond acceptors (Lipinski definition) is 5.